The minimum absolute atomic E-state index is 0.382. The van der Waals surface area contributed by atoms with Crippen molar-refractivity contribution in [1.29, 1.82) is 0 Å². The lowest BCUT2D eigenvalue weighted by atomic mass is 9.77. The van der Waals surface area contributed by atoms with Crippen LogP contribution in [0.25, 0.3) is 33.1 Å². The van der Waals surface area contributed by atoms with Crippen molar-refractivity contribution in [3.63, 3.8) is 0 Å². The molecule has 0 unspecified atom stereocenters. The molecule has 0 aliphatic carbocycles. The van der Waals surface area contributed by atoms with Gasteiger partial charge in [-0.2, -0.15) is 0 Å². The molecule has 4 aromatic rings. The van der Waals surface area contributed by atoms with Crippen molar-refractivity contribution in [3.05, 3.63) is 66.7 Å². The van der Waals surface area contributed by atoms with Crippen LogP contribution in [0.1, 0.15) is 27.7 Å². The van der Waals surface area contributed by atoms with E-state index in [0.717, 1.165) is 38.5 Å². The SMILES string of the molecule is CC1(C)OB(c2cc(-c3ccccc3)c3c(c2)oc2ccccc23)OC1(C)C. The number of para-hydroxylation sites is 1. The number of furan rings is 1. The van der Waals surface area contributed by atoms with Gasteiger partial charge in [-0.05, 0) is 56.4 Å². The van der Waals surface area contributed by atoms with Gasteiger partial charge in [0.05, 0.1) is 11.2 Å². The number of hydrogen-bond acceptors (Lipinski definition) is 3. The van der Waals surface area contributed by atoms with Crippen molar-refractivity contribution in [1.82, 2.24) is 0 Å². The van der Waals surface area contributed by atoms with Crippen molar-refractivity contribution >= 4 is 34.5 Å². The molecule has 0 saturated carbocycles. The van der Waals surface area contributed by atoms with Gasteiger partial charge in [-0.15, -0.1) is 0 Å². The van der Waals surface area contributed by atoms with E-state index in [4.69, 9.17) is 13.7 Å². The molecule has 1 aliphatic heterocycles. The van der Waals surface area contributed by atoms with Gasteiger partial charge in [0.1, 0.15) is 11.2 Å². The molecular weight excluding hydrogens is 347 g/mol. The first-order valence-electron chi connectivity index (χ1n) is 9.72. The molecule has 3 nitrogen and oxygen atoms in total. The molecule has 1 fully saturated rings. The summed E-state index contributed by atoms with van der Waals surface area (Å²) in [7, 11) is -0.426. The topological polar surface area (TPSA) is 31.6 Å². The molecule has 1 aliphatic rings. The zero-order valence-electron chi connectivity index (χ0n) is 16.7. The third-order valence-electron chi connectivity index (χ3n) is 6.11. The smallest absolute Gasteiger partial charge is 0.456 e. The van der Waals surface area contributed by atoms with E-state index in [1.54, 1.807) is 0 Å². The summed E-state index contributed by atoms with van der Waals surface area (Å²) in [6.07, 6.45) is 0. The average molecular weight is 370 g/mol. The number of benzene rings is 3. The lowest BCUT2D eigenvalue weighted by molar-refractivity contribution is 0.00578. The molecule has 3 aromatic carbocycles. The first kappa shape index (κ1) is 17.5. The Morgan fingerprint density at radius 1 is 0.714 bits per heavy atom. The van der Waals surface area contributed by atoms with Crippen molar-refractivity contribution in [3.8, 4) is 11.1 Å². The van der Waals surface area contributed by atoms with Gasteiger partial charge in [-0.1, -0.05) is 54.6 Å². The molecule has 1 saturated heterocycles. The largest absolute Gasteiger partial charge is 0.494 e. The van der Waals surface area contributed by atoms with Crippen molar-refractivity contribution < 1.29 is 13.7 Å². The maximum absolute atomic E-state index is 6.30. The Morgan fingerprint density at radius 2 is 1.36 bits per heavy atom. The van der Waals surface area contributed by atoms with Gasteiger partial charge in [0.25, 0.3) is 0 Å². The zero-order valence-corrected chi connectivity index (χ0v) is 16.7. The van der Waals surface area contributed by atoms with Crippen LogP contribution in [0.4, 0.5) is 0 Å². The highest BCUT2D eigenvalue weighted by atomic mass is 16.7. The van der Waals surface area contributed by atoms with Crippen LogP contribution in [-0.4, -0.2) is 18.3 Å². The van der Waals surface area contributed by atoms with Crippen LogP contribution in [0.5, 0.6) is 0 Å². The predicted octanol–water partition coefficient (Wildman–Crippen LogP) is 5.55. The summed E-state index contributed by atoms with van der Waals surface area (Å²) < 4.78 is 18.8. The second-order valence-electron chi connectivity index (χ2n) is 8.49. The van der Waals surface area contributed by atoms with E-state index in [1.165, 1.54) is 0 Å². The summed E-state index contributed by atoms with van der Waals surface area (Å²) in [5.74, 6) is 0. The minimum Gasteiger partial charge on any atom is -0.456 e. The van der Waals surface area contributed by atoms with E-state index in [0.29, 0.717) is 0 Å². The summed E-state index contributed by atoms with van der Waals surface area (Å²) in [5.41, 5.74) is 4.24. The Bertz CT molecular complexity index is 1160. The molecular formula is C24H23BO3. The van der Waals surface area contributed by atoms with E-state index < -0.39 is 7.12 Å². The fourth-order valence-electron chi connectivity index (χ4n) is 3.84. The molecule has 5 rings (SSSR count). The van der Waals surface area contributed by atoms with E-state index in [2.05, 4.69) is 70.2 Å². The van der Waals surface area contributed by atoms with Gasteiger partial charge in [0.15, 0.2) is 0 Å². The van der Waals surface area contributed by atoms with E-state index in [9.17, 15) is 0 Å². The summed E-state index contributed by atoms with van der Waals surface area (Å²) in [4.78, 5) is 0. The van der Waals surface area contributed by atoms with Gasteiger partial charge in [0, 0.05) is 10.8 Å². The van der Waals surface area contributed by atoms with E-state index in [-0.39, 0.29) is 11.2 Å². The molecule has 0 N–H and O–H groups in total. The standard InChI is InChI=1S/C24H23BO3/c1-23(2)24(3,4)28-25(27-23)17-14-19(16-10-6-5-7-11-16)22-18-12-8-9-13-20(18)26-21(22)15-17/h5-15H,1-4H3. The van der Waals surface area contributed by atoms with Crippen LogP contribution in [0.3, 0.4) is 0 Å². The third-order valence-corrected chi connectivity index (χ3v) is 6.11. The summed E-state index contributed by atoms with van der Waals surface area (Å²) >= 11 is 0. The van der Waals surface area contributed by atoms with Crippen LogP contribution >= 0.6 is 0 Å². The maximum atomic E-state index is 6.30. The Morgan fingerprint density at radius 3 is 2.07 bits per heavy atom. The molecule has 0 atom stereocenters. The molecule has 0 radical (unpaired) electrons. The Labute approximate surface area is 165 Å². The Balaban J connectivity index is 1.76. The molecule has 4 heteroatoms. The van der Waals surface area contributed by atoms with Gasteiger partial charge in [-0.3, -0.25) is 0 Å². The van der Waals surface area contributed by atoms with Gasteiger partial charge >= 0.3 is 7.12 Å². The first-order valence-corrected chi connectivity index (χ1v) is 9.72. The highest BCUT2D eigenvalue weighted by Gasteiger charge is 2.51. The molecule has 1 aromatic heterocycles. The van der Waals surface area contributed by atoms with Crippen LogP contribution in [-0.2, 0) is 9.31 Å². The summed E-state index contributed by atoms with van der Waals surface area (Å²) in [6.45, 7) is 8.30. The van der Waals surface area contributed by atoms with Crippen molar-refractivity contribution in [2.45, 2.75) is 38.9 Å². The molecule has 0 spiro atoms. The molecule has 140 valence electrons. The highest BCUT2D eigenvalue weighted by molar-refractivity contribution is 6.62. The Kier molecular flexibility index (Phi) is 3.74. The normalized spacial score (nSPS) is 18.2. The van der Waals surface area contributed by atoms with Crippen LogP contribution < -0.4 is 5.46 Å². The van der Waals surface area contributed by atoms with Crippen LogP contribution in [0, 0.1) is 0 Å². The molecule has 28 heavy (non-hydrogen) atoms. The number of fused-ring (bicyclic) bond motifs is 3. The fraction of sp³-hybridized carbons (Fsp3) is 0.250. The second-order valence-corrected chi connectivity index (χ2v) is 8.49. The van der Waals surface area contributed by atoms with Crippen LogP contribution in [0.15, 0.2) is 71.1 Å². The first-order chi connectivity index (χ1) is 13.4. The summed E-state index contributed by atoms with van der Waals surface area (Å²) in [5, 5.41) is 2.25. The fourth-order valence-corrected chi connectivity index (χ4v) is 3.84. The lowest BCUT2D eigenvalue weighted by Gasteiger charge is -2.32. The quantitative estimate of drug-likeness (QED) is 0.434. The lowest BCUT2D eigenvalue weighted by Crippen LogP contribution is -2.41. The van der Waals surface area contributed by atoms with Crippen LogP contribution in [0.2, 0.25) is 0 Å². The van der Waals surface area contributed by atoms with E-state index >= 15 is 0 Å². The second kappa shape index (κ2) is 5.97. The molecule has 2 heterocycles. The van der Waals surface area contributed by atoms with Crippen molar-refractivity contribution in [2.75, 3.05) is 0 Å². The maximum Gasteiger partial charge on any atom is 0.494 e. The third kappa shape index (κ3) is 2.60. The highest BCUT2D eigenvalue weighted by Crippen LogP contribution is 2.39. The number of hydrogen-bond donors (Lipinski definition) is 0. The monoisotopic (exact) mass is 370 g/mol. The van der Waals surface area contributed by atoms with Gasteiger partial charge in [-0.25, -0.2) is 0 Å². The zero-order chi connectivity index (χ0) is 19.5. The average Bonchev–Trinajstić information content (AvgIpc) is 3.15. The van der Waals surface area contributed by atoms with Gasteiger partial charge < -0.3 is 13.7 Å². The molecule has 0 amide bonds. The van der Waals surface area contributed by atoms with Gasteiger partial charge in [0.2, 0.25) is 0 Å². The minimum atomic E-state index is -0.426. The molecule has 0 bridgehead atoms. The van der Waals surface area contributed by atoms with E-state index in [1.807, 2.05) is 24.3 Å². The number of rotatable bonds is 2. The Hall–Kier alpha value is -2.56. The predicted molar refractivity (Wildman–Crippen MR) is 115 cm³/mol. The van der Waals surface area contributed by atoms with Crippen molar-refractivity contribution in [2.24, 2.45) is 0 Å². The summed E-state index contributed by atoms with van der Waals surface area (Å²) in [6, 6.07) is 22.8.